The standard InChI is InChI=1S/C15H18N2O3S2/c1-3-14(18)16-15-17(11-7-5-4-6-10(11)2)12-8-22(19,20)9-13(12)21-15/h4-7,12-13H,3,8-9H2,1-2H3/t12-,13-/m0/s1. The van der Waals surface area contributed by atoms with Crippen LogP contribution < -0.4 is 4.90 Å². The summed E-state index contributed by atoms with van der Waals surface area (Å²) in [5, 5.41) is 0.582. The minimum absolute atomic E-state index is 0.0481. The van der Waals surface area contributed by atoms with E-state index in [1.165, 1.54) is 11.8 Å². The van der Waals surface area contributed by atoms with Crippen molar-refractivity contribution in [3.8, 4) is 0 Å². The highest BCUT2D eigenvalue weighted by Crippen LogP contribution is 2.41. The van der Waals surface area contributed by atoms with Gasteiger partial charge in [0.2, 0.25) is 5.91 Å². The number of hydrogen-bond acceptors (Lipinski definition) is 4. The second-order valence-electron chi connectivity index (χ2n) is 5.60. The third-order valence-electron chi connectivity index (χ3n) is 3.96. The van der Waals surface area contributed by atoms with Gasteiger partial charge in [0.15, 0.2) is 15.0 Å². The number of carbonyl (C=O) groups excluding carboxylic acids is 1. The van der Waals surface area contributed by atoms with Crippen LogP contribution in [0.3, 0.4) is 0 Å². The molecule has 2 fully saturated rings. The van der Waals surface area contributed by atoms with Crippen LogP contribution in [0.15, 0.2) is 29.3 Å². The molecule has 0 unspecified atom stereocenters. The van der Waals surface area contributed by atoms with Crippen molar-refractivity contribution in [2.24, 2.45) is 4.99 Å². The Morgan fingerprint density at radius 2 is 2.09 bits per heavy atom. The molecule has 0 saturated carbocycles. The molecule has 3 rings (SSSR count). The van der Waals surface area contributed by atoms with Crippen LogP contribution in [0.4, 0.5) is 5.69 Å². The number of para-hydroxylation sites is 1. The molecule has 1 aromatic carbocycles. The monoisotopic (exact) mass is 338 g/mol. The average Bonchev–Trinajstić information content (AvgIpc) is 2.91. The Morgan fingerprint density at radius 3 is 2.77 bits per heavy atom. The summed E-state index contributed by atoms with van der Waals surface area (Å²) in [5.74, 6) is 0.103. The Hall–Kier alpha value is -1.34. The predicted octanol–water partition coefficient (Wildman–Crippen LogP) is 2.01. The first-order valence-electron chi connectivity index (χ1n) is 7.25. The van der Waals surface area contributed by atoms with Gasteiger partial charge in [0, 0.05) is 17.4 Å². The zero-order valence-electron chi connectivity index (χ0n) is 12.5. The molecule has 0 aromatic heterocycles. The maximum Gasteiger partial charge on any atom is 0.247 e. The van der Waals surface area contributed by atoms with Gasteiger partial charge >= 0.3 is 0 Å². The predicted molar refractivity (Wildman–Crippen MR) is 90.2 cm³/mol. The third-order valence-corrected chi connectivity index (χ3v) is 7.17. The van der Waals surface area contributed by atoms with E-state index >= 15 is 0 Å². The normalized spacial score (nSPS) is 28.1. The van der Waals surface area contributed by atoms with E-state index in [0.29, 0.717) is 11.6 Å². The molecule has 1 aromatic rings. The molecule has 2 aliphatic heterocycles. The molecule has 0 bridgehead atoms. The van der Waals surface area contributed by atoms with Crippen molar-refractivity contribution in [1.82, 2.24) is 0 Å². The third kappa shape index (κ3) is 2.79. The van der Waals surface area contributed by atoms with E-state index < -0.39 is 9.84 Å². The number of rotatable bonds is 2. The van der Waals surface area contributed by atoms with Crippen LogP contribution in [0.25, 0.3) is 0 Å². The lowest BCUT2D eigenvalue weighted by atomic mass is 10.1. The maximum atomic E-state index is 11.9. The Bertz CT molecular complexity index is 743. The first-order chi connectivity index (χ1) is 10.4. The summed E-state index contributed by atoms with van der Waals surface area (Å²) < 4.78 is 23.9. The smallest absolute Gasteiger partial charge is 0.247 e. The lowest BCUT2D eigenvalue weighted by molar-refractivity contribution is -0.117. The molecule has 0 radical (unpaired) electrons. The van der Waals surface area contributed by atoms with Crippen molar-refractivity contribution in [2.45, 2.75) is 31.6 Å². The van der Waals surface area contributed by atoms with Gasteiger partial charge < -0.3 is 4.90 Å². The van der Waals surface area contributed by atoms with E-state index in [9.17, 15) is 13.2 Å². The fourth-order valence-corrected chi connectivity index (χ4v) is 6.79. The summed E-state index contributed by atoms with van der Waals surface area (Å²) in [6.07, 6.45) is 0.347. The van der Waals surface area contributed by atoms with Crippen molar-refractivity contribution in [3.63, 3.8) is 0 Å². The number of aliphatic imine (C=N–C) groups is 1. The fourth-order valence-electron chi connectivity index (χ4n) is 2.87. The summed E-state index contributed by atoms with van der Waals surface area (Å²) in [6.45, 7) is 3.76. The Balaban J connectivity index is 2.05. The number of amides is 1. The zero-order chi connectivity index (χ0) is 15.9. The van der Waals surface area contributed by atoms with Gasteiger partial charge in [-0.2, -0.15) is 4.99 Å². The molecule has 2 saturated heterocycles. The summed E-state index contributed by atoms with van der Waals surface area (Å²) in [7, 11) is -3.02. The number of carbonyl (C=O) groups is 1. The molecule has 1 amide bonds. The van der Waals surface area contributed by atoms with Crippen molar-refractivity contribution < 1.29 is 13.2 Å². The number of amidine groups is 1. The zero-order valence-corrected chi connectivity index (χ0v) is 14.2. The number of fused-ring (bicyclic) bond motifs is 1. The second kappa shape index (κ2) is 5.70. The van der Waals surface area contributed by atoms with Crippen molar-refractivity contribution in [2.75, 3.05) is 16.4 Å². The number of anilines is 1. The highest BCUT2D eigenvalue weighted by atomic mass is 32.2. The van der Waals surface area contributed by atoms with E-state index in [0.717, 1.165) is 11.3 Å². The van der Waals surface area contributed by atoms with Crippen LogP contribution >= 0.6 is 11.8 Å². The van der Waals surface area contributed by atoms with E-state index in [1.54, 1.807) is 6.92 Å². The van der Waals surface area contributed by atoms with Gasteiger partial charge in [0.25, 0.3) is 0 Å². The Labute approximate surface area is 134 Å². The van der Waals surface area contributed by atoms with E-state index in [4.69, 9.17) is 0 Å². The van der Waals surface area contributed by atoms with Crippen LogP contribution in [0.5, 0.6) is 0 Å². The number of thioether (sulfide) groups is 1. The minimum Gasteiger partial charge on any atom is -0.315 e. The molecule has 118 valence electrons. The van der Waals surface area contributed by atoms with Crippen LogP contribution in [0, 0.1) is 6.92 Å². The van der Waals surface area contributed by atoms with Crippen molar-refractivity contribution >= 4 is 38.4 Å². The molecule has 2 aliphatic rings. The van der Waals surface area contributed by atoms with E-state index in [-0.39, 0.29) is 28.7 Å². The van der Waals surface area contributed by atoms with Crippen LogP contribution in [0.2, 0.25) is 0 Å². The SMILES string of the molecule is CCC(=O)N=C1S[C@H]2CS(=O)(=O)C[C@@H]2N1c1ccccc1C. The first-order valence-corrected chi connectivity index (χ1v) is 9.95. The Morgan fingerprint density at radius 1 is 1.36 bits per heavy atom. The summed E-state index contributed by atoms with van der Waals surface area (Å²) in [4.78, 5) is 17.9. The molecule has 7 heteroatoms. The van der Waals surface area contributed by atoms with Crippen molar-refractivity contribution in [3.05, 3.63) is 29.8 Å². The lowest BCUT2D eigenvalue weighted by Crippen LogP contribution is -2.38. The number of sulfone groups is 1. The molecule has 0 aliphatic carbocycles. The average molecular weight is 338 g/mol. The summed E-state index contributed by atoms with van der Waals surface area (Å²) in [5.41, 5.74) is 1.98. The number of nitrogens with zero attached hydrogens (tertiary/aromatic N) is 2. The number of aryl methyl sites for hydroxylation is 1. The van der Waals surface area contributed by atoms with Crippen LogP contribution in [-0.2, 0) is 14.6 Å². The van der Waals surface area contributed by atoms with Crippen molar-refractivity contribution in [1.29, 1.82) is 0 Å². The molecular formula is C15H18N2O3S2. The van der Waals surface area contributed by atoms with Crippen LogP contribution in [-0.4, -0.2) is 42.3 Å². The highest BCUT2D eigenvalue weighted by Gasteiger charge is 2.49. The molecular weight excluding hydrogens is 320 g/mol. The number of hydrogen-bond donors (Lipinski definition) is 0. The van der Waals surface area contributed by atoms with Gasteiger partial charge in [-0.3, -0.25) is 4.79 Å². The highest BCUT2D eigenvalue weighted by molar-refractivity contribution is 8.16. The van der Waals surface area contributed by atoms with E-state index in [2.05, 4.69) is 4.99 Å². The van der Waals surface area contributed by atoms with Gasteiger partial charge in [-0.25, -0.2) is 8.42 Å². The van der Waals surface area contributed by atoms with Gasteiger partial charge in [-0.15, -0.1) is 0 Å². The quantitative estimate of drug-likeness (QED) is 0.825. The van der Waals surface area contributed by atoms with Gasteiger partial charge in [-0.05, 0) is 18.6 Å². The topological polar surface area (TPSA) is 66.8 Å². The fraction of sp³-hybridized carbons (Fsp3) is 0.467. The Kier molecular flexibility index (Phi) is 4.03. The molecule has 22 heavy (non-hydrogen) atoms. The molecule has 5 nitrogen and oxygen atoms in total. The molecule has 0 spiro atoms. The van der Waals surface area contributed by atoms with Gasteiger partial charge in [0.05, 0.1) is 17.5 Å². The van der Waals surface area contributed by atoms with Gasteiger partial charge in [-0.1, -0.05) is 36.9 Å². The molecule has 0 N–H and O–H groups in total. The lowest BCUT2D eigenvalue weighted by Gasteiger charge is -2.26. The van der Waals surface area contributed by atoms with E-state index in [1.807, 2.05) is 36.1 Å². The molecule has 2 heterocycles. The first kappa shape index (κ1) is 15.6. The second-order valence-corrected chi connectivity index (χ2v) is 8.96. The summed E-state index contributed by atoms with van der Waals surface area (Å²) in [6, 6.07) is 7.66. The van der Waals surface area contributed by atoms with Gasteiger partial charge in [0.1, 0.15) is 0 Å². The maximum absolute atomic E-state index is 11.9. The van der Waals surface area contributed by atoms with Crippen LogP contribution in [0.1, 0.15) is 18.9 Å². The minimum atomic E-state index is -3.02. The summed E-state index contributed by atoms with van der Waals surface area (Å²) >= 11 is 1.41. The number of benzene rings is 1. The molecule has 2 atom stereocenters. The largest absolute Gasteiger partial charge is 0.315 e.